The molecule has 0 aliphatic carbocycles. The van der Waals surface area contributed by atoms with Gasteiger partial charge in [0.2, 0.25) is 5.91 Å². The zero-order chi connectivity index (χ0) is 18.2. The van der Waals surface area contributed by atoms with Crippen LogP contribution < -0.4 is 0 Å². The third-order valence-electron chi connectivity index (χ3n) is 5.15. The van der Waals surface area contributed by atoms with Gasteiger partial charge >= 0.3 is 0 Å². The minimum atomic E-state index is -0.110. The van der Waals surface area contributed by atoms with E-state index >= 15 is 0 Å². The lowest BCUT2D eigenvalue weighted by molar-refractivity contribution is -0.134. The largest absolute Gasteiger partial charge is 0.375 e. The van der Waals surface area contributed by atoms with Crippen molar-refractivity contribution in [2.24, 2.45) is 11.3 Å². The lowest BCUT2D eigenvalue weighted by atomic mass is 9.80. The van der Waals surface area contributed by atoms with Gasteiger partial charge in [-0.15, -0.1) is 0 Å². The third-order valence-corrected chi connectivity index (χ3v) is 5.15. The fraction of sp³-hybridized carbons (Fsp3) is 0.706. The summed E-state index contributed by atoms with van der Waals surface area (Å²) in [6, 6.07) is 1.67. The summed E-state index contributed by atoms with van der Waals surface area (Å²) >= 11 is 0. The molecule has 0 aromatic carbocycles. The van der Waals surface area contributed by atoms with E-state index in [1.54, 1.807) is 13.0 Å². The molecule has 2 aliphatic rings. The fourth-order valence-electron chi connectivity index (χ4n) is 4.22. The molecule has 25 heavy (non-hydrogen) atoms. The maximum atomic E-state index is 12.7. The van der Waals surface area contributed by atoms with Crippen LogP contribution in [0.3, 0.4) is 0 Å². The van der Waals surface area contributed by atoms with Gasteiger partial charge < -0.3 is 24.0 Å². The lowest BCUT2D eigenvalue weighted by Gasteiger charge is -2.32. The number of carbonyl (C=O) groups excluding carboxylic acids is 2. The Morgan fingerprint density at radius 3 is 2.64 bits per heavy atom. The molecule has 3 heterocycles. The van der Waals surface area contributed by atoms with Crippen LogP contribution in [0.15, 0.2) is 10.6 Å². The standard InChI is InChI=1S/C17H26N4O4/c1-12-5-14(18-25-12)16(23)21-7-13-6-20(15(22)8-24-4)10-17(13,11-21)9-19(2)3/h5,13H,6-11H2,1-4H3/t13-,17+/m1/s1. The molecule has 2 saturated heterocycles. The van der Waals surface area contributed by atoms with E-state index in [1.165, 1.54) is 7.11 Å². The van der Waals surface area contributed by atoms with Gasteiger partial charge in [0.1, 0.15) is 12.4 Å². The fourth-order valence-corrected chi connectivity index (χ4v) is 4.22. The van der Waals surface area contributed by atoms with E-state index in [0.29, 0.717) is 37.6 Å². The highest BCUT2D eigenvalue weighted by Crippen LogP contribution is 2.43. The van der Waals surface area contributed by atoms with E-state index in [0.717, 1.165) is 6.54 Å². The molecule has 8 heteroatoms. The maximum absolute atomic E-state index is 12.7. The highest BCUT2D eigenvalue weighted by Gasteiger charge is 2.54. The van der Waals surface area contributed by atoms with Crippen LogP contribution in [-0.2, 0) is 9.53 Å². The Kier molecular flexibility index (Phi) is 4.83. The van der Waals surface area contributed by atoms with Crippen LogP contribution in [0.5, 0.6) is 0 Å². The molecule has 8 nitrogen and oxygen atoms in total. The van der Waals surface area contributed by atoms with Crippen molar-refractivity contribution in [1.29, 1.82) is 0 Å². The van der Waals surface area contributed by atoms with Gasteiger partial charge in [0.05, 0.1) is 0 Å². The second-order valence-electron chi connectivity index (χ2n) is 7.51. The summed E-state index contributed by atoms with van der Waals surface area (Å²) in [6.45, 7) is 5.28. The molecule has 0 unspecified atom stereocenters. The Bertz CT molecular complexity index is 659. The average molecular weight is 350 g/mol. The van der Waals surface area contributed by atoms with Gasteiger partial charge in [0.15, 0.2) is 5.69 Å². The second kappa shape index (κ2) is 6.76. The van der Waals surface area contributed by atoms with Crippen molar-refractivity contribution in [3.05, 3.63) is 17.5 Å². The van der Waals surface area contributed by atoms with Crippen LogP contribution in [0, 0.1) is 18.3 Å². The summed E-state index contributed by atoms with van der Waals surface area (Å²) in [5.74, 6) is 0.800. The number of hydrogen-bond acceptors (Lipinski definition) is 6. The van der Waals surface area contributed by atoms with Crippen LogP contribution in [0.25, 0.3) is 0 Å². The maximum Gasteiger partial charge on any atom is 0.276 e. The molecule has 0 spiro atoms. The predicted octanol–water partition coefficient (Wildman–Crippen LogP) is 0.0916. The second-order valence-corrected chi connectivity index (χ2v) is 7.51. The predicted molar refractivity (Wildman–Crippen MR) is 90.1 cm³/mol. The van der Waals surface area contributed by atoms with Crippen LogP contribution in [0.2, 0.25) is 0 Å². The van der Waals surface area contributed by atoms with E-state index in [4.69, 9.17) is 9.26 Å². The molecule has 0 saturated carbocycles. The van der Waals surface area contributed by atoms with Gasteiger partial charge in [0.25, 0.3) is 5.91 Å². The molecular weight excluding hydrogens is 324 g/mol. The Balaban J connectivity index is 1.76. The van der Waals surface area contributed by atoms with Crippen molar-refractivity contribution in [2.75, 3.05) is 60.5 Å². The van der Waals surface area contributed by atoms with Crippen molar-refractivity contribution in [3.8, 4) is 0 Å². The summed E-state index contributed by atoms with van der Waals surface area (Å²) in [5.41, 5.74) is 0.242. The van der Waals surface area contributed by atoms with E-state index in [2.05, 4.69) is 10.1 Å². The summed E-state index contributed by atoms with van der Waals surface area (Å²) in [7, 11) is 5.58. The van der Waals surface area contributed by atoms with Crippen LogP contribution in [0.4, 0.5) is 0 Å². The van der Waals surface area contributed by atoms with Crippen molar-refractivity contribution >= 4 is 11.8 Å². The molecular formula is C17H26N4O4. The summed E-state index contributed by atoms with van der Waals surface area (Å²) in [5, 5.41) is 3.85. The SMILES string of the molecule is COCC(=O)N1C[C@@H]2CN(C(=O)c3cc(C)on3)C[C@]2(CN(C)C)C1. The van der Waals surface area contributed by atoms with E-state index in [-0.39, 0.29) is 29.8 Å². The smallest absolute Gasteiger partial charge is 0.276 e. The quantitative estimate of drug-likeness (QED) is 0.749. The highest BCUT2D eigenvalue weighted by molar-refractivity contribution is 5.92. The first kappa shape index (κ1) is 17.9. The number of amides is 2. The molecule has 0 N–H and O–H groups in total. The Hall–Kier alpha value is -1.93. The molecule has 2 aliphatic heterocycles. The van der Waals surface area contributed by atoms with Gasteiger partial charge in [-0.05, 0) is 21.0 Å². The van der Waals surface area contributed by atoms with E-state index in [9.17, 15) is 9.59 Å². The van der Waals surface area contributed by atoms with Gasteiger partial charge in [-0.25, -0.2) is 0 Å². The number of likely N-dealkylation sites (tertiary alicyclic amines) is 2. The van der Waals surface area contributed by atoms with E-state index in [1.807, 2.05) is 23.9 Å². The minimum absolute atomic E-state index is 0.0139. The molecule has 1 aromatic heterocycles. The zero-order valence-corrected chi connectivity index (χ0v) is 15.3. The Morgan fingerprint density at radius 1 is 1.36 bits per heavy atom. The number of hydrogen-bond donors (Lipinski definition) is 0. The van der Waals surface area contributed by atoms with Crippen molar-refractivity contribution < 1.29 is 18.8 Å². The minimum Gasteiger partial charge on any atom is -0.375 e. The number of fused-ring (bicyclic) bond motifs is 1. The Labute approximate surface area is 147 Å². The number of carbonyl (C=O) groups is 2. The number of methoxy groups -OCH3 is 1. The van der Waals surface area contributed by atoms with Crippen molar-refractivity contribution in [3.63, 3.8) is 0 Å². The van der Waals surface area contributed by atoms with Gasteiger partial charge in [0, 0.05) is 57.2 Å². The third kappa shape index (κ3) is 3.41. The zero-order valence-electron chi connectivity index (χ0n) is 15.3. The average Bonchev–Trinajstić information content (AvgIpc) is 3.18. The van der Waals surface area contributed by atoms with Crippen molar-refractivity contribution in [1.82, 2.24) is 19.9 Å². The first-order valence-electron chi connectivity index (χ1n) is 8.48. The molecule has 2 atom stereocenters. The van der Waals surface area contributed by atoms with Crippen molar-refractivity contribution in [2.45, 2.75) is 6.92 Å². The molecule has 3 rings (SSSR count). The Morgan fingerprint density at radius 2 is 2.04 bits per heavy atom. The molecule has 2 fully saturated rings. The molecule has 0 radical (unpaired) electrons. The van der Waals surface area contributed by atoms with Crippen LogP contribution in [0.1, 0.15) is 16.2 Å². The van der Waals surface area contributed by atoms with Crippen LogP contribution in [-0.4, -0.2) is 92.2 Å². The summed E-state index contributed by atoms with van der Waals surface area (Å²) < 4.78 is 10.0. The van der Waals surface area contributed by atoms with Gasteiger partial charge in [-0.2, -0.15) is 0 Å². The number of aromatic nitrogens is 1. The highest BCUT2D eigenvalue weighted by atomic mass is 16.5. The lowest BCUT2D eigenvalue weighted by Crippen LogP contribution is -2.44. The first-order chi connectivity index (χ1) is 11.8. The number of nitrogens with zero attached hydrogens (tertiary/aromatic N) is 4. The topological polar surface area (TPSA) is 79.1 Å². The monoisotopic (exact) mass is 350 g/mol. The first-order valence-corrected chi connectivity index (χ1v) is 8.48. The normalized spacial score (nSPS) is 25.7. The molecule has 138 valence electrons. The molecule has 0 bridgehead atoms. The number of aryl methyl sites for hydroxylation is 1. The van der Waals surface area contributed by atoms with Crippen LogP contribution >= 0.6 is 0 Å². The summed E-state index contributed by atoms with van der Waals surface area (Å²) in [6.07, 6.45) is 0. The molecule has 1 aromatic rings. The van der Waals surface area contributed by atoms with Gasteiger partial charge in [-0.3, -0.25) is 9.59 Å². The number of rotatable bonds is 5. The van der Waals surface area contributed by atoms with E-state index < -0.39 is 0 Å². The molecule has 2 amide bonds. The number of ether oxygens (including phenoxy) is 1. The van der Waals surface area contributed by atoms with Gasteiger partial charge in [-0.1, -0.05) is 5.16 Å². The summed E-state index contributed by atoms with van der Waals surface area (Å²) in [4.78, 5) is 30.8.